The van der Waals surface area contributed by atoms with Crippen LogP contribution in [-0.2, 0) is 0 Å². The lowest BCUT2D eigenvalue weighted by atomic mass is 10.0. The highest BCUT2D eigenvalue weighted by molar-refractivity contribution is 4.62. The van der Waals surface area contributed by atoms with Gasteiger partial charge in [-0.05, 0) is 58.7 Å². The lowest BCUT2D eigenvalue weighted by Gasteiger charge is -2.25. The first kappa shape index (κ1) is 13.9. The second-order valence-corrected chi connectivity index (χ2v) is 4.55. The van der Waals surface area contributed by atoms with Crippen LogP contribution in [0.2, 0.25) is 0 Å². The molecule has 2 nitrogen and oxygen atoms in total. The van der Waals surface area contributed by atoms with Gasteiger partial charge < -0.3 is 10.6 Å². The van der Waals surface area contributed by atoms with Gasteiger partial charge in [-0.2, -0.15) is 0 Å². The van der Waals surface area contributed by atoms with Crippen LogP contribution in [0.3, 0.4) is 0 Å². The van der Waals surface area contributed by atoms with Gasteiger partial charge in [-0.3, -0.25) is 0 Å². The Bertz CT molecular complexity index is 123. The average Bonchev–Trinajstić information content (AvgIpc) is 2.12. The lowest BCUT2D eigenvalue weighted by Crippen LogP contribution is -2.31. The molecule has 2 N–H and O–H groups in total. The molecule has 0 aliphatic carbocycles. The van der Waals surface area contributed by atoms with Crippen LogP contribution in [-0.4, -0.2) is 30.6 Å². The Labute approximate surface area is 89.9 Å². The number of hydrogen-bond acceptors (Lipinski definition) is 2. The molecule has 0 aromatic rings. The van der Waals surface area contributed by atoms with E-state index in [1.54, 1.807) is 0 Å². The third kappa shape index (κ3) is 6.39. The minimum atomic E-state index is 0.685. The van der Waals surface area contributed by atoms with Crippen LogP contribution in [0.1, 0.15) is 47.0 Å². The van der Waals surface area contributed by atoms with Crippen LogP contribution < -0.4 is 5.73 Å². The Morgan fingerprint density at radius 2 is 1.79 bits per heavy atom. The third-order valence-electron chi connectivity index (χ3n) is 2.94. The Morgan fingerprint density at radius 3 is 2.21 bits per heavy atom. The van der Waals surface area contributed by atoms with E-state index in [1.165, 1.54) is 32.4 Å². The van der Waals surface area contributed by atoms with Crippen molar-refractivity contribution in [3.8, 4) is 0 Å². The molecule has 0 saturated heterocycles. The Hall–Kier alpha value is -0.0800. The average molecular weight is 200 g/mol. The fourth-order valence-electron chi connectivity index (χ4n) is 1.85. The van der Waals surface area contributed by atoms with Crippen molar-refractivity contribution in [3.63, 3.8) is 0 Å². The van der Waals surface area contributed by atoms with Gasteiger partial charge >= 0.3 is 0 Å². The van der Waals surface area contributed by atoms with Gasteiger partial charge in [0.05, 0.1) is 0 Å². The van der Waals surface area contributed by atoms with E-state index in [4.69, 9.17) is 5.73 Å². The normalized spacial score (nSPS) is 13.9. The third-order valence-corrected chi connectivity index (χ3v) is 2.94. The van der Waals surface area contributed by atoms with Gasteiger partial charge in [0, 0.05) is 6.04 Å². The van der Waals surface area contributed by atoms with Crippen molar-refractivity contribution < 1.29 is 0 Å². The molecule has 0 amide bonds. The van der Waals surface area contributed by atoms with Gasteiger partial charge in [0.2, 0.25) is 0 Å². The summed E-state index contributed by atoms with van der Waals surface area (Å²) in [5.74, 6) is 0.797. The molecule has 86 valence electrons. The van der Waals surface area contributed by atoms with Gasteiger partial charge in [-0.25, -0.2) is 0 Å². The summed E-state index contributed by atoms with van der Waals surface area (Å²) in [7, 11) is 0. The smallest absolute Gasteiger partial charge is 0.00384 e. The van der Waals surface area contributed by atoms with E-state index in [9.17, 15) is 0 Å². The molecule has 2 heteroatoms. The van der Waals surface area contributed by atoms with Crippen LogP contribution >= 0.6 is 0 Å². The van der Waals surface area contributed by atoms with Crippen LogP contribution in [0.4, 0.5) is 0 Å². The molecule has 0 bridgehead atoms. The molecule has 0 radical (unpaired) electrons. The zero-order chi connectivity index (χ0) is 11.0. The fraction of sp³-hybridized carbons (Fsp3) is 1.00. The van der Waals surface area contributed by atoms with Crippen molar-refractivity contribution in [3.05, 3.63) is 0 Å². The van der Waals surface area contributed by atoms with E-state index in [-0.39, 0.29) is 0 Å². The molecule has 0 aromatic carbocycles. The maximum atomic E-state index is 5.52. The molecule has 0 heterocycles. The van der Waals surface area contributed by atoms with Gasteiger partial charge in [0.15, 0.2) is 0 Å². The lowest BCUT2D eigenvalue weighted by molar-refractivity contribution is 0.224. The summed E-state index contributed by atoms with van der Waals surface area (Å²) in [6.07, 6.45) is 3.81. The van der Waals surface area contributed by atoms with E-state index in [2.05, 4.69) is 32.6 Å². The highest BCUT2D eigenvalue weighted by Gasteiger charge is 2.07. The summed E-state index contributed by atoms with van der Waals surface area (Å²) in [6, 6.07) is 0.685. The van der Waals surface area contributed by atoms with Crippen LogP contribution in [0, 0.1) is 5.92 Å². The molecule has 14 heavy (non-hydrogen) atoms. The summed E-state index contributed by atoms with van der Waals surface area (Å²) in [5, 5.41) is 0. The van der Waals surface area contributed by atoms with E-state index >= 15 is 0 Å². The number of nitrogens with two attached hydrogens (primary N) is 1. The second kappa shape index (κ2) is 8.25. The number of rotatable bonds is 8. The SMILES string of the molecule is CCN(CCCC(C)CCN)C(C)C. The minimum Gasteiger partial charge on any atom is -0.330 e. The van der Waals surface area contributed by atoms with Gasteiger partial charge in [-0.1, -0.05) is 13.8 Å². The Balaban J connectivity index is 3.50. The highest BCUT2D eigenvalue weighted by atomic mass is 15.1. The zero-order valence-electron chi connectivity index (χ0n) is 10.4. The van der Waals surface area contributed by atoms with Crippen molar-refractivity contribution in [2.45, 2.75) is 53.0 Å². The Morgan fingerprint density at radius 1 is 1.14 bits per heavy atom. The van der Waals surface area contributed by atoms with Gasteiger partial charge in [-0.15, -0.1) is 0 Å². The Kier molecular flexibility index (Phi) is 8.20. The van der Waals surface area contributed by atoms with Crippen molar-refractivity contribution in [2.75, 3.05) is 19.6 Å². The highest BCUT2D eigenvalue weighted by Crippen LogP contribution is 2.10. The maximum absolute atomic E-state index is 5.52. The van der Waals surface area contributed by atoms with Crippen molar-refractivity contribution in [1.82, 2.24) is 4.90 Å². The first-order valence-electron chi connectivity index (χ1n) is 6.05. The molecule has 1 unspecified atom stereocenters. The molecule has 0 fully saturated rings. The molecule has 0 aromatic heterocycles. The summed E-state index contributed by atoms with van der Waals surface area (Å²) in [6.45, 7) is 12.3. The number of nitrogens with zero attached hydrogens (tertiary/aromatic N) is 1. The van der Waals surface area contributed by atoms with Gasteiger partial charge in [0.1, 0.15) is 0 Å². The zero-order valence-corrected chi connectivity index (χ0v) is 10.4. The van der Waals surface area contributed by atoms with Gasteiger partial charge in [0.25, 0.3) is 0 Å². The quantitative estimate of drug-likeness (QED) is 0.652. The standard InChI is InChI=1S/C12H28N2/c1-5-14(11(2)3)10-6-7-12(4)8-9-13/h11-12H,5-10,13H2,1-4H3. The monoisotopic (exact) mass is 200 g/mol. The molecule has 0 aliphatic rings. The summed E-state index contributed by atoms with van der Waals surface area (Å²) in [5.41, 5.74) is 5.52. The van der Waals surface area contributed by atoms with E-state index in [0.29, 0.717) is 6.04 Å². The molecular formula is C12H28N2. The summed E-state index contributed by atoms with van der Waals surface area (Å²) < 4.78 is 0. The molecule has 0 aliphatic heterocycles. The predicted octanol–water partition coefficient (Wildman–Crippen LogP) is 2.48. The van der Waals surface area contributed by atoms with Crippen LogP contribution in [0.15, 0.2) is 0 Å². The topological polar surface area (TPSA) is 29.3 Å². The van der Waals surface area contributed by atoms with E-state index in [1.807, 2.05) is 0 Å². The molecule has 1 atom stereocenters. The van der Waals surface area contributed by atoms with Crippen molar-refractivity contribution in [2.24, 2.45) is 11.7 Å². The largest absolute Gasteiger partial charge is 0.330 e. The molecule has 0 rings (SSSR count). The molecule has 0 saturated carbocycles. The molecule has 0 spiro atoms. The number of hydrogen-bond donors (Lipinski definition) is 1. The van der Waals surface area contributed by atoms with Crippen LogP contribution in [0.5, 0.6) is 0 Å². The summed E-state index contributed by atoms with van der Waals surface area (Å²) in [4.78, 5) is 2.52. The maximum Gasteiger partial charge on any atom is 0.00384 e. The summed E-state index contributed by atoms with van der Waals surface area (Å²) >= 11 is 0. The minimum absolute atomic E-state index is 0.685. The second-order valence-electron chi connectivity index (χ2n) is 4.55. The van der Waals surface area contributed by atoms with Crippen molar-refractivity contribution in [1.29, 1.82) is 0 Å². The van der Waals surface area contributed by atoms with Crippen molar-refractivity contribution >= 4 is 0 Å². The molecular weight excluding hydrogens is 172 g/mol. The van der Waals surface area contributed by atoms with E-state index in [0.717, 1.165) is 12.5 Å². The fourth-order valence-corrected chi connectivity index (χ4v) is 1.85. The van der Waals surface area contributed by atoms with Crippen LogP contribution in [0.25, 0.3) is 0 Å². The first-order chi connectivity index (χ1) is 6.61. The predicted molar refractivity (Wildman–Crippen MR) is 64.5 cm³/mol. The first-order valence-corrected chi connectivity index (χ1v) is 6.05. The van der Waals surface area contributed by atoms with E-state index < -0.39 is 0 Å².